The third-order valence-corrected chi connectivity index (χ3v) is 6.18. The number of benzene rings is 2. The number of nitrogens with zero attached hydrogens (tertiary/aromatic N) is 4. The summed E-state index contributed by atoms with van der Waals surface area (Å²) in [7, 11) is 1.83. The van der Waals surface area contributed by atoms with Gasteiger partial charge >= 0.3 is 0 Å². The maximum absolute atomic E-state index is 4.45. The van der Waals surface area contributed by atoms with Crippen LogP contribution < -0.4 is 10.6 Å². The van der Waals surface area contributed by atoms with E-state index >= 15 is 0 Å². The van der Waals surface area contributed by atoms with E-state index in [2.05, 4.69) is 84.7 Å². The molecule has 1 aliphatic rings. The molecule has 2 heterocycles. The van der Waals surface area contributed by atoms with Crippen molar-refractivity contribution in [2.24, 2.45) is 4.99 Å². The SMILES string of the molecule is CN=C(NCc1cccc(Cn2ccnc2C)c1)NCC(c1ccccc1)N1CCCC1. The predicted molar refractivity (Wildman–Crippen MR) is 131 cm³/mol. The number of nitrogens with one attached hydrogen (secondary N) is 2. The lowest BCUT2D eigenvalue weighted by Gasteiger charge is -2.29. The first-order valence-electron chi connectivity index (χ1n) is 11.5. The summed E-state index contributed by atoms with van der Waals surface area (Å²) in [6, 6.07) is 19.8. The Morgan fingerprint density at radius 3 is 2.53 bits per heavy atom. The van der Waals surface area contributed by atoms with E-state index in [0.717, 1.165) is 44.5 Å². The highest BCUT2D eigenvalue weighted by molar-refractivity contribution is 5.79. The largest absolute Gasteiger partial charge is 0.354 e. The van der Waals surface area contributed by atoms with Gasteiger partial charge in [-0.1, -0.05) is 54.6 Å². The zero-order valence-corrected chi connectivity index (χ0v) is 19.2. The lowest BCUT2D eigenvalue weighted by Crippen LogP contribution is -2.42. The number of rotatable bonds is 8. The molecule has 6 heteroatoms. The van der Waals surface area contributed by atoms with Crippen molar-refractivity contribution in [3.63, 3.8) is 0 Å². The zero-order chi connectivity index (χ0) is 22.2. The summed E-state index contributed by atoms with van der Waals surface area (Å²) in [4.78, 5) is 11.3. The number of aliphatic imine (C=N–C) groups is 1. The van der Waals surface area contributed by atoms with Crippen LogP contribution in [0.1, 0.15) is 41.4 Å². The van der Waals surface area contributed by atoms with Crippen molar-refractivity contribution in [2.75, 3.05) is 26.7 Å². The number of aryl methyl sites for hydroxylation is 1. The molecule has 0 bridgehead atoms. The van der Waals surface area contributed by atoms with E-state index in [0.29, 0.717) is 6.04 Å². The molecule has 0 aliphatic carbocycles. The van der Waals surface area contributed by atoms with Gasteiger partial charge in [-0.3, -0.25) is 9.89 Å². The smallest absolute Gasteiger partial charge is 0.191 e. The maximum Gasteiger partial charge on any atom is 0.191 e. The van der Waals surface area contributed by atoms with Crippen LogP contribution in [-0.4, -0.2) is 47.1 Å². The minimum atomic E-state index is 0.360. The Morgan fingerprint density at radius 2 is 1.81 bits per heavy atom. The molecule has 0 spiro atoms. The summed E-state index contributed by atoms with van der Waals surface area (Å²) in [5.41, 5.74) is 3.87. The first-order valence-corrected chi connectivity index (χ1v) is 11.5. The highest BCUT2D eigenvalue weighted by Gasteiger charge is 2.23. The summed E-state index contributed by atoms with van der Waals surface area (Å²) in [6.45, 7) is 6.76. The van der Waals surface area contributed by atoms with Crippen LogP contribution in [0, 0.1) is 6.92 Å². The van der Waals surface area contributed by atoms with E-state index in [4.69, 9.17) is 0 Å². The third-order valence-electron chi connectivity index (χ3n) is 6.18. The topological polar surface area (TPSA) is 57.5 Å². The van der Waals surface area contributed by atoms with E-state index in [9.17, 15) is 0 Å². The van der Waals surface area contributed by atoms with Gasteiger partial charge in [-0.2, -0.15) is 0 Å². The Hall–Kier alpha value is -3.12. The normalized spacial score (nSPS) is 15.6. The van der Waals surface area contributed by atoms with Crippen molar-refractivity contribution >= 4 is 5.96 Å². The van der Waals surface area contributed by atoms with E-state index in [1.807, 2.05) is 26.4 Å². The van der Waals surface area contributed by atoms with Gasteiger partial charge in [-0.25, -0.2) is 4.98 Å². The van der Waals surface area contributed by atoms with E-state index < -0.39 is 0 Å². The van der Waals surface area contributed by atoms with Crippen molar-refractivity contribution in [3.8, 4) is 0 Å². The lowest BCUT2D eigenvalue weighted by atomic mass is 10.1. The number of aromatic nitrogens is 2. The highest BCUT2D eigenvalue weighted by atomic mass is 15.2. The van der Waals surface area contributed by atoms with E-state index in [-0.39, 0.29) is 0 Å². The molecule has 0 saturated carbocycles. The van der Waals surface area contributed by atoms with Crippen molar-refractivity contribution in [1.29, 1.82) is 0 Å². The van der Waals surface area contributed by atoms with Gasteiger partial charge in [0.15, 0.2) is 5.96 Å². The molecule has 2 N–H and O–H groups in total. The quantitative estimate of drug-likeness (QED) is 0.422. The molecule has 1 saturated heterocycles. The first kappa shape index (κ1) is 22.1. The average Bonchev–Trinajstić information content (AvgIpc) is 3.49. The summed E-state index contributed by atoms with van der Waals surface area (Å²) in [6.07, 6.45) is 6.44. The Balaban J connectivity index is 1.34. The fraction of sp³-hybridized carbons (Fsp3) is 0.385. The molecule has 1 aliphatic heterocycles. The summed E-state index contributed by atoms with van der Waals surface area (Å²) in [5, 5.41) is 7.04. The predicted octanol–water partition coefficient (Wildman–Crippen LogP) is 3.74. The number of guanidine groups is 1. The Bertz CT molecular complexity index is 1000. The van der Waals surface area contributed by atoms with Crippen LogP contribution in [0.4, 0.5) is 0 Å². The molecule has 168 valence electrons. The van der Waals surface area contributed by atoms with Crippen molar-refractivity contribution in [1.82, 2.24) is 25.1 Å². The first-order chi connectivity index (χ1) is 15.7. The van der Waals surface area contributed by atoms with Gasteiger partial charge in [0.25, 0.3) is 0 Å². The summed E-state index contributed by atoms with van der Waals surface area (Å²) < 4.78 is 2.16. The summed E-state index contributed by atoms with van der Waals surface area (Å²) in [5.74, 6) is 1.87. The fourth-order valence-electron chi connectivity index (χ4n) is 4.39. The molecule has 0 radical (unpaired) electrons. The molecule has 4 rings (SSSR count). The van der Waals surface area contributed by atoms with Crippen LogP contribution in [-0.2, 0) is 13.1 Å². The van der Waals surface area contributed by atoms with Gasteiger partial charge in [-0.05, 0) is 49.5 Å². The van der Waals surface area contributed by atoms with Gasteiger partial charge in [0.2, 0.25) is 0 Å². The Morgan fingerprint density at radius 1 is 1.03 bits per heavy atom. The second kappa shape index (κ2) is 11.0. The van der Waals surface area contributed by atoms with Gasteiger partial charge in [0, 0.05) is 39.1 Å². The van der Waals surface area contributed by atoms with Crippen molar-refractivity contribution in [3.05, 3.63) is 89.5 Å². The molecule has 6 nitrogen and oxygen atoms in total. The van der Waals surface area contributed by atoms with E-state index in [1.165, 1.54) is 29.5 Å². The number of hydrogen-bond acceptors (Lipinski definition) is 3. The Labute approximate surface area is 191 Å². The van der Waals surface area contributed by atoms with Crippen LogP contribution in [0.2, 0.25) is 0 Å². The van der Waals surface area contributed by atoms with Gasteiger partial charge < -0.3 is 15.2 Å². The number of hydrogen-bond donors (Lipinski definition) is 2. The third kappa shape index (κ3) is 5.77. The summed E-state index contributed by atoms with van der Waals surface area (Å²) >= 11 is 0. The maximum atomic E-state index is 4.45. The average molecular weight is 431 g/mol. The number of likely N-dealkylation sites (tertiary alicyclic amines) is 1. The Kier molecular flexibility index (Phi) is 7.56. The molecule has 3 aromatic rings. The second-order valence-corrected chi connectivity index (χ2v) is 8.40. The standard InChI is InChI=1S/C26H34N6/c1-21-28-13-16-32(21)20-23-10-8-9-22(17-23)18-29-26(27-2)30-19-25(31-14-6-7-15-31)24-11-4-3-5-12-24/h3-5,8-13,16-17,25H,6-7,14-15,18-20H2,1-2H3,(H2,27,29,30). The molecule has 1 unspecified atom stereocenters. The fourth-order valence-corrected chi connectivity index (χ4v) is 4.39. The highest BCUT2D eigenvalue weighted by Crippen LogP contribution is 2.24. The molecule has 1 atom stereocenters. The second-order valence-electron chi connectivity index (χ2n) is 8.40. The van der Waals surface area contributed by atoms with Crippen LogP contribution in [0.15, 0.2) is 72.0 Å². The minimum absolute atomic E-state index is 0.360. The molecular formula is C26H34N6. The van der Waals surface area contributed by atoms with E-state index in [1.54, 1.807) is 0 Å². The molecule has 1 fully saturated rings. The minimum Gasteiger partial charge on any atom is -0.354 e. The monoisotopic (exact) mass is 430 g/mol. The molecular weight excluding hydrogens is 396 g/mol. The van der Waals surface area contributed by atoms with Crippen molar-refractivity contribution < 1.29 is 0 Å². The molecule has 2 aromatic carbocycles. The van der Waals surface area contributed by atoms with Crippen LogP contribution in [0.3, 0.4) is 0 Å². The zero-order valence-electron chi connectivity index (χ0n) is 19.2. The van der Waals surface area contributed by atoms with Crippen LogP contribution in [0.5, 0.6) is 0 Å². The molecule has 1 aromatic heterocycles. The van der Waals surface area contributed by atoms with Crippen LogP contribution >= 0.6 is 0 Å². The number of imidazole rings is 1. The molecule has 0 amide bonds. The lowest BCUT2D eigenvalue weighted by molar-refractivity contribution is 0.245. The molecule has 32 heavy (non-hydrogen) atoms. The van der Waals surface area contributed by atoms with Crippen LogP contribution in [0.25, 0.3) is 0 Å². The van der Waals surface area contributed by atoms with Gasteiger partial charge in [0.1, 0.15) is 5.82 Å². The van der Waals surface area contributed by atoms with Gasteiger partial charge in [0.05, 0.1) is 6.04 Å². The van der Waals surface area contributed by atoms with Gasteiger partial charge in [-0.15, -0.1) is 0 Å². The van der Waals surface area contributed by atoms with Crippen molar-refractivity contribution in [2.45, 2.75) is 38.9 Å².